The Labute approximate surface area is 111 Å². The fraction of sp³-hybridized carbons (Fsp3) is 0.417. The lowest BCUT2D eigenvalue weighted by Crippen LogP contribution is -2.27. The number of carbonyl (C=O) groups excluding carboxylic acids is 1. The summed E-state index contributed by atoms with van der Waals surface area (Å²) in [6, 6.07) is 5.19. The van der Waals surface area contributed by atoms with E-state index in [0.29, 0.717) is 11.9 Å². The van der Waals surface area contributed by atoms with Gasteiger partial charge in [0.1, 0.15) is 0 Å². The molecule has 1 unspecified atom stereocenters. The van der Waals surface area contributed by atoms with Crippen LogP contribution in [0.2, 0.25) is 0 Å². The molecule has 6 heteroatoms. The van der Waals surface area contributed by atoms with Crippen LogP contribution in [0, 0.1) is 5.92 Å². The molecule has 0 N–H and O–H groups in total. The zero-order valence-corrected chi connectivity index (χ0v) is 11.0. The van der Waals surface area contributed by atoms with Gasteiger partial charge in [0.05, 0.1) is 11.3 Å². The van der Waals surface area contributed by atoms with Crippen LogP contribution in [0.5, 0.6) is 0 Å². The highest BCUT2D eigenvalue weighted by Gasteiger charge is 2.38. The summed E-state index contributed by atoms with van der Waals surface area (Å²) in [5.74, 6) is -0.185. The van der Waals surface area contributed by atoms with Gasteiger partial charge in [0.25, 0.3) is 0 Å². The Bertz CT molecular complexity index is 461. The number of nitrogens with zero attached hydrogens (tertiary/aromatic N) is 1. The van der Waals surface area contributed by atoms with Crippen molar-refractivity contribution < 1.29 is 18.0 Å². The minimum atomic E-state index is -4.44. The van der Waals surface area contributed by atoms with Gasteiger partial charge in [-0.05, 0) is 18.1 Å². The highest BCUT2D eigenvalue weighted by molar-refractivity contribution is 9.09. The predicted molar refractivity (Wildman–Crippen MR) is 65.7 cm³/mol. The van der Waals surface area contributed by atoms with Gasteiger partial charge < -0.3 is 4.90 Å². The number of alkyl halides is 4. The fourth-order valence-corrected chi connectivity index (χ4v) is 2.50. The molecule has 0 bridgehead atoms. The molecule has 1 amide bonds. The molecule has 1 atom stereocenters. The molecule has 98 valence electrons. The van der Waals surface area contributed by atoms with E-state index in [0.717, 1.165) is 6.07 Å². The number of halogens is 4. The first-order chi connectivity index (χ1) is 8.43. The topological polar surface area (TPSA) is 20.3 Å². The Balaban J connectivity index is 2.37. The SMILES string of the molecule is O=C1CC(CBr)CN1c1ccccc1C(F)(F)F. The van der Waals surface area contributed by atoms with Gasteiger partial charge in [0, 0.05) is 18.3 Å². The molecule has 1 aromatic carbocycles. The van der Waals surface area contributed by atoms with Crippen molar-refractivity contribution in [2.75, 3.05) is 16.8 Å². The van der Waals surface area contributed by atoms with Crippen LogP contribution in [0.4, 0.5) is 18.9 Å². The van der Waals surface area contributed by atoms with Gasteiger partial charge in [-0.3, -0.25) is 4.79 Å². The highest BCUT2D eigenvalue weighted by atomic mass is 79.9. The van der Waals surface area contributed by atoms with Crippen LogP contribution < -0.4 is 4.90 Å². The van der Waals surface area contributed by atoms with Crippen LogP contribution >= 0.6 is 15.9 Å². The Hall–Kier alpha value is -1.04. The molecule has 1 heterocycles. The summed E-state index contributed by atoms with van der Waals surface area (Å²) in [6.07, 6.45) is -4.15. The van der Waals surface area contributed by atoms with Crippen molar-refractivity contribution in [3.05, 3.63) is 29.8 Å². The van der Waals surface area contributed by atoms with Crippen LogP contribution in [0.3, 0.4) is 0 Å². The fourth-order valence-electron chi connectivity index (χ4n) is 2.07. The molecule has 2 nitrogen and oxygen atoms in total. The zero-order valence-electron chi connectivity index (χ0n) is 9.38. The minimum Gasteiger partial charge on any atom is -0.311 e. The normalized spacial score (nSPS) is 20.6. The maximum absolute atomic E-state index is 12.9. The Morgan fingerprint density at radius 1 is 1.33 bits per heavy atom. The van der Waals surface area contributed by atoms with Gasteiger partial charge in [0.2, 0.25) is 5.91 Å². The van der Waals surface area contributed by atoms with E-state index in [9.17, 15) is 18.0 Å². The number of amides is 1. The molecule has 1 aromatic rings. The van der Waals surface area contributed by atoms with E-state index in [1.165, 1.54) is 23.1 Å². The van der Waals surface area contributed by atoms with Crippen LogP contribution in [-0.4, -0.2) is 17.8 Å². The first-order valence-corrected chi connectivity index (χ1v) is 6.58. The van der Waals surface area contributed by atoms with E-state index >= 15 is 0 Å². The predicted octanol–water partition coefficient (Wildman–Crippen LogP) is 3.45. The van der Waals surface area contributed by atoms with Gasteiger partial charge in [-0.15, -0.1) is 0 Å². The van der Waals surface area contributed by atoms with Gasteiger partial charge in [-0.1, -0.05) is 28.1 Å². The van der Waals surface area contributed by atoms with Gasteiger partial charge in [-0.25, -0.2) is 0 Å². The minimum absolute atomic E-state index is 0.0431. The van der Waals surface area contributed by atoms with Crippen molar-refractivity contribution in [1.29, 1.82) is 0 Å². The molecule has 18 heavy (non-hydrogen) atoms. The van der Waals surface area contributed by atoms with Crippen molar-refractivity contribution in [2.24, 2.45) is 5.92 Å². The van der Waals surface area contributed by atoms with Gasteiger partial charge >= 0.3 is 6.18 Å². The largest absolute Gasteiger partial charge is 0.418 e. The molecule has 1 fully saturated rings. The van der Waals surface area contributed by atoms with E-state index in [-0.39, 0.29) is 23.9 Å². The van der Waals surface area contributed by atoms with E-state index in [1.807, 2.05) is 0 Å². The molecule has 0 aliphatic carbocycles. The monoisotopic (exact) mass is 321 g/mol. The summed E-state index contributed by atoms with van der Waals surface area (Å²) in [6.45, 7) is 0.331. The maximum Gasteiger partial charge on any atom is 0.418 e. The van der Waals surface area contributed by atoms with Crippen molar-refractivity contribution in [3.8, 4) is 0 Å². The molecule has 0 spiro atoms. The third-order valence-electron chi connectivity index (χ3n) is 2.92. The van der Waals surface area contributed by atoms with Gasteiger partial charge in [0.15, 0.2) is 0 Å². The average molecular weight is 322 g/mol. The summed E-state index contributed by atoms with van der Waals surface area (Å²) in [5, 5.41) is 0.615. The molecule has 1 saturated heterocycles. The van der Waals surface area contributed by atoms with Crippen LogP contribution in [-0.2, 0) is 11.0 Å². The standard InChI is InChI=1S/C12H11BrF3NO/c13-6-8-5-11(18)17(7-8)10-4-2-1-3-9(10)12(14,15)16/h1-4,8H,5-7H2. The van der Waals surface area contributed by atoms with Crippen LogP contribution in [0.25, 0.3) is 0 Å². The second-order valence-electron chi connectivity index (χ2n) is 4.24. The van der Waals surface area contributed by atoms with Crippen LogP contribution in [0.1, 0.15) is 12.0 Å². The Kier molecular flexibility index (Phi) is 3.66. The molecule has 0 saturated carbocycles. The number of benzene rings is 1. The summed E-state index contributed by atoms with van der Waals surface area (Å²) >= 11 is 3.26. The number of rotatable bonds is 2. The quantitative estimate of drug-likeness (QED) is 0.764. The number of para-hydroxylation sites is 1. The van der Waals surface area contributed by atoms with E-state index in [2.05, 4.69) is 15.9 Å². The first kappa shape index (κ1) is 13.4. The van der Waals surface area contributed by atoms with Crippen molar-refractivity contribution in [3.63, 3.8) is 0 Å². The Morgan fingerprint density at radius 3 is 2.56 bits per heavy atom. The molecular weight excluding hydrogens is 311 g/mol. The van der Waals surface area contributed by atoms with Gasteiger partial charge in [-0.2, -0.15) is 13.2 Å². The van der Waals surface area contributed by atoms with E-state index in [4.69, 9.17) is 0 Å². The summed E-state index contributed by atoms with van der Waals surface area (Å²) in [4.78, 5) is 13.0. The summed E-state index contributed by atoms with van der Waals surface area (Å²) in [7, 11) is 0. The number of hydrogen-bond acceptors (Lipinski definition) is 1. The number of hydrogen-bond donors (Lipinski definition) is 0. The van der Waals surface area contributed by atoms with Crippen LogP contribution in [0.15, 0.2) is 24.3 Å². The number of anilines is 1. The molecular formula is C12H11BrF3NO. The number of carbonyl (C=O) groups is 1. The summed E-state index contributed by atoms with van der Waals surface area (Å²) < 4.78 is 38.6. The third-order valence-corrected chi connectivity index (χ3v) is 3.84. The second kappa shape index (κ2) is 4.91. The second-order valence-corrected chi connectivity index (χ2v) is 4.89. The molecule has 1 aliphatic heterocycles. The van der Waals surface area contributed by atoms with Crippen molar-refractivity contribution in [1.82, 2.24) is 0 Å². The van der Waals surface area contributed by atoms with Crippen molar-refractivity contribution >= 4 is 27.5 Å². The molecule has 0 radical (unpaired) electrons. The molecule has 2 rings (SSSR count). The lowest BCUT2D eigenvalue weighted by atomic mass is 10.1. The zero-order chi connectivity index (χ0) is 13.3. The Morgan fingerprint density at radius 2 is 2.00 bits per heavy atom. The lowest BCUT2D eigenvalue weighted by molar-refractivity contribution is -0.137. The smallest absolute Gasteiger partial charge is 0.311 e. The average Bonchev–Trinajstić information content (AvgIpc) is 2.69. The van der Waals surface area contributed by atoms with E-state index in [1.54, 1.807) is 0 Å². The van der Waals surface area contributed by atoms with Crippen molar-refractivity contribution in [2.45, 2.75) is 12.6 Å². The molecule has 0 aromatic heterocycles. The van der Waals surface area contributed by atoms with E-state index < -0.39 is 11.7 Å². The maximum atomic E-state index is 12.9. The lowest BCUT2D eigenvalue weighted by Gasteiger charge is -2.21. The summed E-state index contributed by atoms with van der Waals surface area (Å²) in [5.41, 5.74) is -0.799. The molecule has 1 aliphatic rings. The third kappa shape index (κ3) is 2.53. The highest BCUT2D eigenvalue weighted by Crippen LogP contribution is 2.38. The first-order valence-electron chi connectivity index (χ1n) is 5.46.